The van der Waals surface area contributed by atoms with E-state index in [-0.39, 0.29) is 11.3 Å². The van der Waals surface area contributed by atoms with Crippen LogP contribution in [0.25, 0.3) is 0 Å². The summed E-state index contributed by atoms with van der Waals surface area (Å²) in [6.07, 6.45) is 4.72. The second-order valence-electron chi connectivity index (χ2n) is 6.27. The Bertz CT molecular complexity index is 660. The van der Waals surface area contributed by atoms with Crippen LogP contribution in [0.5, 0.6) is 5.75 Å². The molecule has 0 atom stereocenters. The second kappa shape index (κ2) is 6.86. The normalized spacial score (nSPS) is 16.0. The summed E-state index contributed by atoms with van der Waals surface area (Å²) >= 11 is 0. The van der Waals surface area contributed by atoms with Crippen LogP contribution in [-0.4, -0.2) is 19.6 Å². The van der Waals surface area contributed by atoms with Crippen LogP contribution in [0, 0.1) is 0 Å². The fourth-order valence-electron chi connectivity index (χ4n) is 3.53. The van der Waals surface area contributed by atoms with Gasteiger partial charge in [0, 0.05) is 17.5 Å². The molecule has 1 aliphatic rings. The zero-order chi connectivity index (χ0) is 16.1. The molecule has 2 aromatic carbocycles. The molecule has 3 heteroatoms. The van der Waals surface area contributed by atoms with E-state index in [2.05, 4.69) is 29.6 Å². The maximum atomic E-state index is 12.5. The summed E-state index contributed by atoms with van der Waals surface area (Å²) in [4.78, 5) is 12.5. The standard InChI is InChI=1S/C20H23NO2/c1-23-18-11-7-8-16(14-18)19(22)21-15-20(12-5-6-13-20)17-9-3-2-4-10-17/h2-4,7-11,14H,5-6,12-13,15H2,1H3,(H,21,22). The van der Waals surface area contributed by atoms with E-state index in [0.717, 1.165) is 12.8 Å². The Hall–Kier alpha value is -2.29. The molecule has 0 bridgehead atoms. The van der Waals surface area contributed by atoms with Crippen molar-refractivity contribution in [2.24, 2.45) is 0 Å². The van der Waals surface area contributed by atoms with Crippen LogP contribution in [0.4, 0.5) is 0 Å². The van der Waals surface area contributed by atoms with Gasteiger partial charge in [0.1, 0.15) is 5.75 Å². The van der Waals surface area contributed by atoms with Crippen molar-refractivity contribution in [1.82, 2.24) is 5.32 Å². The molecule has 0 saturated heterocycles. The first kappa shape index (κ1) is 15.6. The average molecular weight is 309 g/mol. The van der Waals surface area contributed by atoms with Gasteiger partial charge in [-0.25, -0.2) is 0 Å². The number of nitrogens with one attached hydrogen (secondary N) is 1. The molecule has 2 aromatic rings. The van der Waals surface area contributed by atoms with Crippen molar-refractivity contribution in [1.29, 1.82) is 0 Å². The van der Waals surface area contributed by atoms with E-state index >= 15 is 0 Å². The predicted molar refractivity (Wildman–Crippen MR) is 91.9 cm³/mol. The van der Waals surface area contributed by atoms with Gasteiger partial charge in [0.15, 0.2) is 0 Å². The zero-order valence-electron chi connectivity index (χ0n) is 13.5. The molecular weight excluding hydrogens is 286 g/mol. The van der Waals surface area contributed by atoms with Crippen LogP contribution in [0.2, 0.25) is 0 Å². The van der Waals surface area contributed by atoms with Gasteiger partial charge in [0.05, 0.1) is 7.11 Å². The van der Waals surface area contributed by atoms with E-state index in [1.54, 1.807) is 13.2 Å². The Morgan fingerprint density at radius 1 is 1.09 bits per heavy atom. The number of hydrogen-bond donors (Lipinski definition) is 1. The Labute approximate surface area is 137 Å². The minimum absolute atomic E-state index is 0.0360. The molecule has 0 radical (unpaired) electrons. The number of carbonyl (C=O) groups excluding carboxylic acids is 1. The highest BCUT2D eigenvalue weighted by molar-refractivity contribution is 5.94. The molecule has 1 amide bonds. The summed E-state index contributed by atoms with van der Waals surface area (Å²) in [5, 5.41) is 3.14. The third kappa shape index (κ3) is 3.39. The Morgan fingerprint density at radius 2 is 1.83 bits per heavy atom. The molecule has 1 aliphatic carbocycles. The van der Waals surface area contributed by atoms with E-state index in [1.165, 1.54) is 18.4 Å². The van der Waals surface area contributed by atoms with E-state index < -0.39 is 0 Å². The van der Waals surface area contributed by atoms with Gasteiger partial charge in [-0.2, -0.15) is 0 Å². The van der Waals surface area contributed by atoms with Crippen molar-refractivity contribution < 1.29 is 9.53 Å². The smallest absolute Gasteiger partial charge is 0.251 e. The van der Waals surface area contributed by atoms with Gasteiger partial charge in [-0.1, -0.05) is 49.2 Å². The summed E-state index contributed by atoms with van der Waals surface area (Å²) in [5.41, 5.74) is 2.06. The molecule has 3 rings (SSSR count). The van der Waals surface area contributed by atoms with Crippen molar-refractivity contribution in [3.63, 3.8) is 0 Å². The van der Waals surface area contributed by atoms with Crippen molar-refractivity contribution in [2.45, 2.75) is 31.1 Å². The molecule has 0 spiro atoms. The fourth-order valence-corrected chi connectivity index (χ4v) is 3.53. The number of methoxy groups -OCH3 is 1. The minimum Gasteiger partial charge on any atom is -0.497 e. The largest absolute Gasteiger partial charge is 0.497 e. The molecule has 1 N–H and O–H groups in total. The number of hydrogen-bond acceptors (Lipinski definition) is 2. The van der Waals surface area contributed by atoms with Gasteiger partial charge < -0.3 is 10.1 Å². The van der Waals surface area contributed by atoms with Gasteiger partial charge in [0.2, 0.25) is 0 Å². The van der Waals surface area contributed by atoms with Gasteiger partial charge in [-0.15, -0.1) is 0 Å². The van der Waals surface area contributed by atoms with Crippen LogP contribution >= 0.6 is 0 Å². The number of carbonyl (C=O) groups is 1. The van der Waals surface area contributed by atoms with Crippen molar-refractivity contribution in [3.05, 3.63) is 65.7 Å². The van der Waals surface area contributed by atoms with Crippen molar-refractivity contribution in [3.8, 4) is 5.75 Å². The Morgan fingerprint density at radius 3 is 2.52 bits per heavy atom. The highest BCUT2D eigenvalue weighted by Crippen LogP contribution is 2.40. The zero-order valence-corrected chi connectivity index (χ0v) is 13.5. The van der Waals surface area contributed by atoms with Crippen LogP contribution < -0.4 is 10.1 Å². The first-order valence-corrected chi connectivity index (χ1v) is 8.21. The number of rotatable bonds is 5. The van der Waals surface area contributed by atoms with Crippen LogP contribution in [0.15, 0.2) is 54.6 Å². The number of ether oxygens (including phenoxy) is 1. The molecule has 0 aromatic heterocycles. The topological polar surface area (TPSA) is 38.3 Å². The van der Waals surface area contributed by atoms with Crippen LogP contribution in [0.3, 0.4) is 0 Å². The Balaban J connectivity index is 1.73. The molecule has 0 aliphatic heterocycles. The molecular formula is C20H23NO2. The van der Waals surface area contributed by atoms with Gasteiger partial charge in [-0.3, -0.25) is 4.79 Å². The molecule has 120 valence electrons. The third-order valence-electron chi connectivity index (χ3n) is 4.87. The van der Waals surface area contributed by atoms with E-state index in [1.807, 2.05) is 24.3 Å². The molecule has 1 saturated carbocycles. The first-order valence-electron chi connectivity index (χ1n) is 8.21. The summed E-state index contributed by atoms with van der Waals surface area (Å²) in [7, 11) is 1.61. The van der Waals surface area contributed by atoms with E-state index in [9.17, 15) is 4.79 Å². The number of amides is 1. The van der Waals surface area contributed by atoms with Gasteiger partial charge in [0.25, 0.3) is 5.91 Å². The van der Waals surface area contributed by atoms with Crippen LogP contribution in [0.1, 0.15) is 41.6 Å². The molecule has 0 unspecified atom stereocenters. The van der Waals surface area contributed by atoms with Crippen LogP contribution in [-0.2, 0) is 5.41 Å². The third-order valence-corrected chi connectivity index (χ3v) is 4.87. The lowest BCUT2D eigenvalue weighted by molar-refractivity contribution is 0.0943. The van der Waals surface area contributed by atoms with E-state index in [0.29, 0.717) is 17.9 Å². The highest BCUT2D eigenvalue weighted by Gasteiger charge is 2.35. The minimum atomic E-state index is -0.0360. The molecule has 1 fully saturated rings. The molecule has 3 nitrogen and oxygen atoms in total. The summed E-state index contributed by atoms with van der Waals surface area (Å²) in [6, 6.07) is 17.9. The SMILES string of the molecule is COc1cccc(C(=O)NCC2(c3ccccc3)CCCC2)c1. The van der Waals surface area contributed by atoms with Crippen molar-refractivity contribution >= 4 is 5.91 Å². The maximum Gasteiger partial charge on any atom is 0.251 e. The summed E-state index contributed by atoms with van der Waals surface area (Å²) in [5.74, 6) is 0.669. The molecule has 23 heavy (non-hydrogen) atoms. The van der Waals surface area contributed by atoms with Gasteiger partial charge in [-0.05, 0) is 36.6 Å². The lowest BCUT2D eigenvalue weighted by Gasteiger charge is -2.30. The summed E-state index contributed by atoms with van der Waals surface area (Å²) < 4.78 is 5.19. The maximum absolute atomic E-state index is 12.5. The first-order chi connectivity index (χ1) is 11.2. The molecule has 0 heterocycles. The average Bonchev–Trinajstić information content (AvgIpc) is 3.11. The second-order valence-corrected chi connectivity index (χ2v) is 6.27. The highest BCUT2D eigenvalue weighted by atomic mass is 16.5. The van der Waals surface area contributed by atoms with Crippen molar-refractivity contribution in [2.75, 3.05) is 13.7 Å². The van der Waals surface area contributed by atoms with E-state index in [4.69, 9.17) is 4.74 Å². The Kier molecular flexibility index (Phi) is 4.65. The summed E-state index contributed by atoms with van der Waals surface area (Å²) in [6.45, 7) is 0.688. The quantitative estimate of drug-likeness (QED) is 0.908. The van der Waals surface area contributed by atoms with Gasteiger partial charge >= 0.3 is 0 Å². The number of benzene rings is 2. The lowest BCUT2D eigenvalue weighted by Crippen LogP contribution is -2.39. The fraction of sp³-hybridized carbons (Fsp3) is 0.350. The predicted octanol–water partition coefficient (Wildman–Crippen LogP) is 3.94. The monoisotopic (exact) mass is 309 g/mol. The lowest BCUT2D eigenvalue weighted by atomic mass is 9.79.